The first-order valence-electron chi connectivity index (χ1n) is 9.23. The SMILES string of the molecule is CC(=O)OCc1csc(NC(=O)Nc2ccc(C)cc2C(=O)C2CCCC2)n1. The fourth-order valence-corrected chi connectivity index (χ4v) is 3.93. The van der Waals surface area contributed by atoms with Crippen molar-refractivity contribution in [1.29, 1.82) is 0 Å². The lowest BCUT2D eigenvalue weighted by molar-refractivity contribution is -0.142. The van der Waals surface area contributed by atoms with Crippen molar-refractivity contribution in [3.8, 4) is 0 Å². The van der Waals surface area contributed by atoms with E-state index in [1.165, 1.54) is 18.3 Å². The second kappa shape index (κ2) is 8.97. The number of aryl methyl sites for hydroxylation is 1. The second-order valence-electron chi connectivity index (χ2n) is 6.90. The van der Waals surface area contributed by atoms with Crippen LogP contribution in [0.4, 0.5) is 15.6 Å². The third kappa shape index (κ3) is 5.16. The molecular weight excluding hydrogens is 378 g/mol. The summed E-state index contributed by atoms with van der Waals surface area (Å²) >= 11 is 1.23. The molecule has 0 bridgehead atoms. The molecule has 148 valence electrons. The number of hydrogen-bond acceptors (Lipinski definition) is 6. The molecule has 0 saturated heterocycles. The van der Waals surface area contributed by atoms with Crippen LogP contribution in [-0.4, -0.2) is 22.8 Å². The van der Waals surface area contributed by atoms with Crippen LogP contribution in [0.25, 0.3) is 0 Å². The number of ketones is 1. The number of thiazole rings is 1. The zero-order valence-corrected chi connectivity index (χ0v) is 16.7. The van der Waals surface area contributed by atoms with E-state index in [2.05, 4.69) is 15.6 Å². The van der Waals surface area contributed by atoms with Crippen LogP contribution in [0, 0.1) is 12.8 Å². The summed E-state index contributed by atoms with van der Waals surface area (Å²) in [4.78, 5) is 40.3. The van der Waals surface area contributed by atoms with Gasteiger partial charge in [-0.3, -0.25) is 14.9 Å². The van der Waals surface area contributed by atoms with Crippen molar-refractivity contribution in [1.82, 2.24) is 4.98 Å². The summed E-state index contributed by atoms with van der Waals surface area (Å²) in [5.41, 5.74) is 2.58. The Kier molecular flexibility index (Phi) is 6.41. The smallest absolute Gasteiger partial charge is 0.325 e. The van der Waals surface area contributed by atoms with Gasteiger partial charge in [0.1, 0.15) is 6.61 Å². The predicted octanol–water partition coefficient (Wildman–Crippen LogP) is 4.53. The summed E-state index contributed by atoms with van der Waals surface area (Å²) in [7, 11) is 0. The first kappa shape index (κ1) is 20.0. The molecule has 0 radical (unpaired) electrons. The van der Waals surface area contributed by atoms with Gasteiger partial charge in [0.2, 0.25) is 0 Å². The number of Topliss-reactive ketones (excluding diaryl/α,β-unsaturated/α-hetero) is 1. The van der Waals surface area contributed by atoms with Crippen molar-refractivity contribution in [3.63, 3.8) is 0 Å². The molecule has 1 aromatic heterocycles. The molecule has 1 heterocycles. The molecule has 2 amide bonds. The summed E-state index contributed by atoms with van der Waals surface area (Å²) in [6.07, 6.45) is 3.96. The van der Waals surface area contributed by atoms with Crippen molar-refractivity contribution in [2.24, 2.45) is 5.92 Å². The molecule has 7 nitrogen and oxygen atoms in total. The highest BCUT2D eigenvalue weighted by Crippen LogP contribution is 2.31. The normalized spacial score (nSPS) is 13.9. The molecule has 0 unspecified atom stereocenters. The Hall–Kier alpha value is -2.74. The number of rotatable bonds is 6. The number of nitrogens with one attached hydrogen (secondary N) is 2. The van der Waals surface area contributed by atoms with E-state index < -0.39 is 6.03 Å². The molecule has 8 heteroatoms. The largest absolute Gasteiger partial charge is 0.459 e. The van der Waals surface area contributed by atoms with E-state index in [1.54, 1.807) is 11.4 Å². The van der Waals surface area contributed by atoms with Crippen LogP contribution in [-0.2, 0) is 16.1 Å². The Morgan fingerprint density at radius 1 is 1.21 bits per heavy atom. The van der Waals surface area contributed by atoms with Crippen molar-refractivity contribution in [2.75, 3.05) is 10.6 Å². The number of esters is 1. The first-order valence-corrected chi connectivity index (χ1v) is 10.1. The molecule has 2 N–H and O–H groups in total. The minimum atomic E-state index is -0.474. The third-order valence-corrected chi connectivity index (χ3v) is 5.42. The summed E-state index contributed by atoms with van der Waals surface area (Å²) < 4.78 is 4.88. The van der Waals surface area contributed by atoms with Crippen LogP contribution in [0.1, 0.15) is 54.2 Å². The predicted molar refractivity (Wildman–Crippen MR) is 108 cm³/mol. The number of urea groups is 1. The Bertz CT molecular complexity index is 887. The van der Waals surface area contributed by atoms with Gasteiger partial charge in [0.15, 0.2) is 10.9 Å². The van der Waals surface area contributed by atoms with Crippen molar-refractivity contribution in [3.05, 3.63) is 40.4 Å². The van der Waals surface area contributed by atoms with Gasteiger partial charge in [0.05, 0.1) is 11.4 Å². The molecule has 0 aliphatic heterocycles. The molecular formula is C20H23N3O4S. The van der Waals surface area contributed by atoms with Gasteiger partial charge in [-0.05, 0) is 31.9 Å². The number of carbonyl (C=O) groups is 3. The van der Waals surface area contributed by atoms with Gasteiger partial charge in [-0.1, -0.05) is 24.5 Å². The molecule has 1 aromatic carbocycles. The standard InChI is InChI=1S/C20H23N3O4S/c1-12-7-8-17(16(9-12)18(25)14-5-3-4-6-14)22-19(26)23-20-21-15(11-28-20)10-27-13(2)24/h7-9,11,14H,3-6,10H2,1-2H3,(H2,21,22,23,26). The fourth-order valence-electron chi connectivity index (χ4n) is 3.24. The molecule has 1 aliphatic rings. The molecule has 1 aliphatic carbocycles. The lowest BCUT2D eigenvalue weighted by Gasteiger charge is -2.14. The molecule has 3 rings (SSSR count). The number of nitrogens with zero attached hydrogens (tertiary/aromatic N) is 1. The zero-order valence-electron chi connectivity index (χ0n) is 15.9. The highest BCUT2D eigenvalue weighted by Gasteiger charge is 2.26. The summed E-state index contributed by atoms with van der Waals surface area (Å²) in [5.74, 6) is -0.262. The maximum atomic E-state index is 12.9. The lowest BCUT2D eigenvalue weighted by atomic mass is 9.94. The van der Waals surface area contributed by atoms with Crippen LogP contribution in [0.2, 0.25) is 0 Å². The van der Waals surface area contributed by atoms with E-state index in [0.717, 1.165) is 31.2 Å². The maximum absolute atomic E-state index is 12.9. The van der Waals surface area contributed by atoms with Crippen LogP contribution < -0.4 is 10.6 Å². The van der Waals surface area contributed by atoms with Crippen LogP contribution >= 0.6 is 11.3 Å². The Labute approximate surface area is 167 Å². The van der Waals surface area contributed by atoms with Gasteiger partial charge in [0.25, 0.3) is 0 Å². The van der Waals surface area contributed by atoms with Gasteiger partial charge in [-0.15, -0.1) is 11.3 Å². The summed E-state index contributed by atoms with van der Waals surface area (Å²) in [5, 5.41) is 7.51. The van der Waals surface area contributed by atoms with Crippen LogP contribution in [0.3, 0.4) is 0 Å². The van der Waals surface area contributed by atoms with Gasteiger partial charge >= 0.3 is 12.0 Å². The monoisotopic (exact) mass is 401 g/mol. The fraction of sp³-hybridized carbons (Fsp3) is 0.400. The Balaban J connectivity index is 1.67. The van der Waals surface area contributed by atoms with Gasteiger partial charge in [-0.2, -0.15) is 0 Å². The molecule has 1 saturated carbocycles. The van der Waals surface area contributed by atoms with E-state index in [9.17, 15) is 14.4 Å². The van der Waals surface area contributed by atoms with Gasteiger partial charge in [-0.25, -0.2) is 9.78 Å². The third-order valence-electron chi connectivity index (χ3n) is 4.61. The summed E-state index contributed by atoms with van der Waals surface area (Å²) in [6, 6.07) is 4.97. The van der Waals surface area contributed by atoms with Gasteiger partial charge < -0.3 is 10.1 Å². The number of aromatic nitrogens is 1. The highest BCUT2D eigenvalue weighted by molar-refractivity contribution is 7.13. The number of amides is 2. The number of anilines is 2. The number of ether oxygens (including phenoxy) is 1. The quantitative estimate of drug-likeness (QED) is 0.547. The summed E-state index contributed by atoms with van der Waals surface area (Å²) in [6.45, 7) is 3.31. The van der Waals surface area contributed by atoms with E-state index in [4.69, 9.17) is 4.74 Å². The zero-order chi connectivity index (χ0) is 20.1. The van der Waals surface area contributed by atoms with E-state index in [1.807, 2.05) is 19.1 Å². The van der Waals surface area contributed by atoms with Crippen molar-refractivity contribution < 1.29 is 19.1 Å². The number of carbonyl (C=O) groups excluding carboxylic acids is 3. The lowest BCUT2D eigenvalue weighted by Crippen LogP contribution is -2.22. The molecule has 28 heavy (non-hydrogen) atoms. The number of hydrogen-bond donors (Lipinski definition) is 2. The maximum Gasteiger partial charge on any atom is 0.325 e. The molecule has 0 atom stereocenters. The average Bonchev–Trinajstić information content (AvgIpc) is 3.33. The number of benzene rings is 1. The second-order valence-corrected chi connectivity index (χ2v) is 7.76. The van der Waals surface area contributed by atoms with E-state index in [0.29, 0.717) is 22.1 Å². The van der Waals surface area contributed by atoms with Crippen LogP contribution in [0.15, 0.2) is 23.6 Å². The molecule has 1 fully saturated rings. The van der Waals surface area contributed by atoms with E-state index in [-0.39, 0.29) is 24.3 Å². The van der Waals surface area contributed by atoms with Gasteiger partial charge in [0, 0.05) is 23.8 Å². The minimum absolute atomic E-state index is 0.0354. The van der Waals surface area contributed by atoms with E-state index >= 15 is 0 Å². The Morgan fingerprint density at radius 3 is 2.68 bits per heavy atom. The average molecular weight is 401 g/mol. The highest BCUT2D eigenvalue weighted by atomic mass is 32.1. The molecule has 2 aromatic rings. The minimum Gasteiger partial charge on any atom is -0.459 e. The van der Waals surface area contributed by atoms with Crippen LogP contribution in [0.5, 0.6) is 0 Å². The van der Waals surface area contributed by atoms with Crippen molar-refractivity contribution in [2.45, 2.75) is 46.1 Å². The first-order chi connectivity index (χ1) is 13.4. The topological polar surface area (TPSA) is 97.4 Å². The Morgan fingerprint density at radius 2 is 1.96 bits per heavy atom. The van der Waals surface area contributed by atoms with Crippen molar-refractivity contribution >= 4 is 39.9 Å². The molecule has 0 spiro atoms.